The van der Waals surface area contributed by atoms with Crippen LogP contribution in [0.25, 0.3) is 0 Å². The van der Waals surface area contributed by atoms with E-state index in [4.69, 9.17) is 4.74 Å². The topological polar surface area (TPSA) is 76.0 Å². The maximum Gasteiger partial charge on any atom is 0.285 e. The monoisotopic (exact) mass is 420 g/mol. The van der Waals surface area contributed by atoms with E-state index in [-0.39, 0.29) is 29.0 Å². The molecule has 6 nitrogen and oxygen atoms in total. The molecule has 0 bridgehead atoms. The van der Waals surface area contributed by atoms with E-state index in [1.807, 2.05) is 6.07 Å². The Bertz CT molecular complexity index is 1030. The van der Waals surface area contributed by atoms with Crippen LogP contribution in [0, 0.1) is 5.82 Å². The molecule has 0 saturated carbocycles. The van der Waals surface area contributed by atoms with Gasteiger partial charge in [-0.15, -0.1) is 0 Å². The van der Waals surface area contributed by atoms with Crippen LogP contribution in [0.4, 0.5) is 10.1 Å². The quantitative estimate of drug-likeness (QED) is 0.757. The molecule has 0 spiro atoms. The Morgan fingerprint density at radius 3 is 2.61 bits per heavy atom. The van der Waals surface area contributed by atoms with Crippen molar-refractivity contribution >= 4 is 38.4 Å². The maximum absolute atomic E-state index is 14.4. The molecular formula is C19H17FN2O4S2. The number of thioether (sulfide) groups is 1. The second kappa shape index (κ2) is 7.56. The van der Waals surface area contributed by atoms with Crippen LogP contribution >= 0.6 is 11.8 Å². The van der Waals surface area contributed by atoms with E-state index in [9.17, 15) is 17.6 Å². The summed E-state index contributed by atoms with van der Waals surface area (Å²) in [5.74, 6) is -0.568. The van der Waals surface area contributed by atoms with Crippen molar-refractivity contribution in [1.29, 1.82) is 0 Å². The molecule has 0 aromatic heterocycles. The van der Waals surface area contributed by atoms with Crippen molar-refractivity contribution in [1.82, 2.24) is 0 Å². The summed E-state index contributed by atoms with van der Waals surface area (Å²) in [6, 6.07) is 14.5. The number of carbonyl (C=O) groups is 1. The number of hydrogen-bond donors (Lipinski definition) is 0. The summed E-state index contributed by atoms with van der Waals surface area (Å²) in [5, 5.41) is 0.0165. The van der Waals surface area contributed by atoms with E-state index in [2.05, 4.69) is 4.99 Å². The standard InChI is InChI=1S/C19H17FN2O4S2/c20-14-8-4-5-9-15(14)22-16-11-28(24,25)12-17(16)27-19(22)21-18(23)10-26-13-6-2-1-3-7-13/h1-9,16-17H,10-12H2/t16-,17-/m1/s1. The van der Waals surface area contributed by atoms with Crippen LogP contribution in [0.1, 0.15) is 0 Å². The van der Waals surface area contributed by atoms with Gasteiger partial charge in [0.1, 0.15) is 11.6 Å². The van der Waals surface area contributed by atoms with Gasteiger partial charge in [0.15, 0.2) is 21.6 Å². The number of nitrogens with zero attached hydrogens (tertiary/aromatic N) is 2. The number of benzene rings is 2. The van der Waals surface area contributed by atoms with Crippen LogP contribution in [0.2, 0.25) is 0 Å². The highest BCUT2D eigenvalue weighted by atomic mass is 32.2. The molecule has 2 aliphatic rings. The average Bonchev–Trinajstić information content (AvgIpc) is 3.12. The zero-order valence-corrected chi connectivity index (χ0v) is 16.3. The molecule has 28 heavy (non-hydrogen) atoms. The number of carbonyl (C=O) groups excluding carboxylic acids is 1. The lowest BCUT2D eigenvalue weighted by molar-refractivity contribution is -0.119. The van der Waals surface area contributed by atoms with E-state index in [0.29, 0.717) is 10.9 Å². The molecule has 2 aliphatic heterocycles. The van der Waals surface area contributed by atoms with Gasteiger partial charge in [-0.2, -0.15) is 4.99 Å². The van der Waals surface area contributed by atoms with Gasteiger partial charge < -0.3 is 9.64 Å². The normalized spacial score (nSPS) is 24.3. The van der Waals surface area contributed by atoms with E-state index in [1.54, 1.807) is 42.5 Å². The van der Waals surface area contributed by atoms with Crippen LogP contribution in [0.15, 0.2) is 59.6 Å². The number of ether oxygens (including phenoxy) is 1. The lowest BCUT2D eigenvalue weighted by Gasteiger charge is -2.24. The molecule has 2 atom stereocenters. The van der Waals surface area contributed by atoms with Crippen molar-refractivity contribution in [3.8, 4) is 5.75 Å². The Balaban J connectivity index is 1.59. The van der Waals surface area contributed by atoms with Crippen LogP contribution in [0.5, 0.6) is 5.75 Å². The third kappa shape index (κ3) is 3.90. The third-order valence-corrected chi connectivity index (χ3v) is 7.71. The van der Waals surface area contributed by atoms with Gasteiger partial charge in [0.25, 0.3) is 5.91 Å². The molecule has 0 radical (unpaired) electrons. The number of sulfone groups is 1. The second-order valence-electron chi connectivity index (χ2n) is 6.51. The Morgan fingerprint density at radius 2 is 1.86 bits per heavy atom. The number of anilines is 1. The zero-order valence-electron chi connectivity index (χ0n) is 14.7. The highest BCUT2D eigenvalue weighted by Crippen LogP contribution is 2.41. The van der Waals surface area contributed by atoms with Gasteiger partial charge in [0.2, 0.25) is 0 Å². The highest BCUT2D eigenvalue weighted by Gasteiger charge is 2.49. The molecule has 9 heteroatoms. The molecule has 2 aromatic carbocycles. The molecule has 146 valence electrons. The minimum absolute atomic E-state index is 0.0129. The van der Waals surface area contributed by atoms with Gasteiger partial charge in [-0.3, -0.25) is 4.79 Å². The highest BCUT2D eigenvalue weighted by molar-refractivity contribution is 8.16. The third-order valence-electron chi connectivity index (χ3n) is 4.50. The smallest absolute Gasteiger partial charge is 0.285 e. The molecular weight excluding hydrogens is 403 g/mol. The molecule has 0 aliphatic carbocycles. The Kier molecular flexibility index (Phi) is 5.11. The lowest BCUT2D eigenvalue weighted by atomic mass is 10.2. The van der Waals surface area contributed by atoms with Crippen LogP contribution in [0.3, 0.4) is 0 Å². The fourth-order valence-corrected chi connectivity index (χ4v) is 7.22. The predicted molar refractivity (Wildman–Crippen MR) is 107 cm³/mol. The minimum atomic E-state index is -3.21. The summed E-state index contributed by atoms with van der Waals surface area (Å²) >= 11 is 1.20. The summed E-state index contributed by atoms with van der Waals surface area (Å²) in [4.78, 5) is 18.0. The van der Waals surface area contributed by atoms with Gasteiger partial charge in [0.05, 0.1) is 23.2 Å². The van der Waals surface area contributed by atoms with E-state index < -0.39 is 27.6 Å². The molecule has 2 heterocycles. The number of amidine groups is 1. The van der Waals surface area contributed by atoms with Gasteiger partial charge in [-0.1, -0.05) is 42.1 Å². The van der Waals surface area contributed by atoms with Crippen LogP contribution in [-0.2, 0) is 14.6 Å². The Labute approximate surface area is 166 Å². The summed E-state index contributed by atoms with van der Waals surface area (Å²) in [5.41, 5.74) is 0.218. The van der Waals surface area contributed by atoms with Gasteiger partial charge >= 0.3 is 0 Å². The number of fused-ring (bicyclic) bond motifs is 1. The lowest BCUT2D eigenvalue weighted by Crippen LogP contribution is -2.38. The fourth-order valence-electron chi connectivity index (χ4n) is 3.29. The Morgan fingerprint density at radius 1 is 1.14 bits per heavy atom. The van der Waals surface area contributed by atoms with E-state index in [0.717, 1.165) is 0 Å². The number of hydrogen-bond acceptors (Lipinski definition) is 5. The maximum atomic E-state index is 14.4. The van der Waals surface area contributed by atoms with Crippen LogP contribution in [-0.4, -0.2) is 48.9 Å². The first kappa shape index (κ1) is 18.9. The largest absolute Gasteiger partial charge is 0.484 e. The average molecular weight is 420 g/mol. The van der Waals surface area contributed by atoms with Crippen LogP contribution < -0.4 is 9.64 Å². The van der Waals surface area contributed by atoms with Crippen molar-refractivity contribution in [3.63, 3.8) is 0 Å². The molecule has 4 rings (SSSR count). The van der Waals surface area contributed by atoms with Gasteiger partial charge in [0, 0.05) is 5.25 Å². The first-order valence-electron chi connectivity index (χ1n) is 8.63. The molecule has 0 N–H and O–H groups in total. The fraction of sp³-hybridized carbons (Fsp3) is 0.263. The minimum Gasteiger partial charge on any atom is -0.484 e. The van der Waals surface area contributed by atoms with Crippen molar-refractivity contribution in [2.45, 2.75) is 11.3 Å². The molecule has 1 amide bonds. The van der Waals surface area contributed by atoms with E-state index >= 15 is 0 Å². The SMILES string of the molecule is O=C(COc1ccccc1)N=C1S[C@@H]2CS(=O)(=O)C[C@H]2N1c1ccccc1F. The zero-order chi connectivity index (χ0) is 19.7. The first-order chi connectivity index (χ1) is 13.4. The van der Waals surface area contributed by atoms with Crippen molar-refractivity contribution in [2.75, 3.05) is 23.0 Å². The molecule has 0 unspecified atom stereocenters. The summed E-state index contributed by atoms with van der Waals surface area (Å²) in [6.07, 6.45) is 0. The molecule has 2 aromatic rings. The summed E-state index contributed by atoms with van der Waals surface area (Å²) < 4.78 is 43.9. The Hall–Kier alpha value is -2.39. The van der Waals surface area contributed by atoms with E-state index in [1.165, 1.54) is 22.7 Å². The van der Waals surface area contributed by atoms with Gasteiger partial charge in [-0.05, 0) is 24.3 Å². The number of rotatable bonds is 4. The van der Waals surface area contributed by atoms with Gasteiger partial charge in [-0.25, -0.2) is 12.8 Å². The summed E-state index contributed by atoms with van der Waals surface area (Å²) in [6.45, 7) is -0.257. The number of para-hydroxylation sites is 2. The van der Waals surface area contributed by atoms with Crippen molar-refractivity contribution < 1.29 is 22.3 Å². The predicted octanol–water partition coefficient (Wildman–Crippen LogP) is 2.51. The van der Waals surface area contributed by atoms with Crippen molar-refractivity contribution in [2.24, 2.45) is 4.99 Å². The number of amides is 1. The number of halogens is 1. The second-order valence-corrected chi connectivity index (χ2v) is 9.87. The first-order valence-corrected chi connectivity index (χ1v) is 11.3. The summed E-state index contributed by atoms with van der Waals surface area (Å²) in [7, 11) is -3.21. The van der Waals surface area contributed by atoms with Crippen molar-refractivity contribution in [3.05, 3.63) is 60.4 Å². The number of aliphatic imine (C=N–C) groups is 1. The molecule has 2 fully saturated rings. The molecule has 2 saturated heterocycles.